The van der Waals surface area contributed by atoms with Gasteiger partial charge in [-0.2, -0.15) is 0 Å². The summed E-state index contributed by atoms with van der Waals surface area (Å²) in [6, 6.07) is 10.6. The molecule has 0 atom stereocenters. The van der Waals surface area contributed by atoms with Crippen LogP contribution in [0.2, 0.25) is 0 Å². The van der Waals surface area contributed by atoms with Crippen LogP contribution in [-0.2, 0) is 0 Å². The number of anilines is 1. The minimum atomic E-state index is 0.568. The van der Waals surface area contributed by atoms with Crippen LogP contribution in [0.15, 0.2) is 46.5 Å². The van der Waals surface area contributed by atoms with Crippen LogP contribution in [0.5, 0.6) is 0 Å². The van der Waals surface area contributed by atoms with Crippen molar-refractivity contribution in [2.45, 2.75) is 43.0 Å². The van der Waals surface area contributed by atoms with Crippen molar-refractivity contribution in [2.24, 2.45) is 0 Å². The molecule has 0 saturated heterocycles. The van der Waals surface area contributed by atoms with Crippen LogP contribution in [0, 0.1) is 0 Å². The van der Waals surface area contributed by atoms with Crippen molar-refractivity contribution in [1.82, 2.24) is 9.97 Å². The number of nitrogens with zero attached hydrogens (tertiary/aromatic N) is 2. The molecule has 2 aromatic rings. The molecule has 1 N–H and O–H groups in total. The molecule has 2 rings (SSSR count). The Morgan fingerprint density at radius 2 is 1.90 bits per heavy atom. The van der Waals surface area contributed by atoms with E-state index in [0.717, 1.165) is 18.0 Å². The number of rotatable bonds is 6. The number of nitrogens with one attached hydrogen (secondary N) is 1. The molecular weight excluding hydrogens is 266 g/mol. The second kappa shape index (κ2) is 7.29. The van der Waals surface area contributed by atoms with E-state index in [9.17, 15) is 0 Å². The van der Waals surface area contributed by atoms with Crippen LogP contribution in [0.3, 0.4) is 0 Å². The average Bonchev–Trinajstić information content (AvgIpc) is 2.46. The molecule has 1 aromatic carbocycles. The Morgan fingerprint density at radius 1 is 1.15 bits per heavy atom. The fourth-order valence-corrected chi connectivity index (χ4v) is 2.54. The maximum Gasteiger partial charge on any atom is 0.223 e. The van der Waals surface area contributed by atoms with Gasteiger partial charge in [-0.15, -0.1) is 0 Å². The van der Waals surface area contributed by atoms with Crippen LogP contribution >= 0.6 is 11.8 Å². The largest absolute Gasteiger partial charge is 0.354 e. The predicted molar refractivity (Wildman–Crippen MR) is 85.5 cm³/mol. The molecule has 0 bridgehead atoms. The molecule has 0 spiro atoms. The maximum atomic E-state index is 4.50. The quantitative estimate of drug-likeness (QED) is 0.790. The van der Waals surface area contributed by atoms with Gasteiger partial charge in [0.2, 0.25) is 5.95 Å². The van der Waals surface area contributed by atoms with Crippen molar-refractivity contribution in [3.05, 3.63) is 42.1 Å². The van der Waals surface area contributed by atoms with Gasteiger partial charge in [0.1, 0.15) is 5.03 Å². The van der Waals surface area contributed by atoms with Crippen LogP contribution in [0.1, 0.15) is 38.7 Å². The van der Waals surface area contributed by atoms with Crippen molar-refractivity contribution in [3.8, 4) is 0 Å². The van der Waals surface area contributed by atoms with Gasteiger partial charge in [-0.3, -0.25) is 0 Å². The second-order valence-electron chi connectivity index (χ2n) is 4.97. The fourth-order valence-electron chi connectivity index (χ4n) is 1.76. The van der Waals surface area contributed by atoms with Gasteiger partial charge in [0.15, 0.2) is 0 Å². The van der Waals surface area contributed by atoms with Gasteiger partial charge >= 0.3 is 0 Å². The highest BCUT2D eigenvalue weighted by Crippen LogP contribution is 2.27. The number of hydrogen-bond donors (Lipinski definition) is 1. The first-order valence-corrected chi connectivity index (χ1v) is 7.85. The lowest BCUT2D eigenvalue weighted by atomic mass is 10.0. The second-order valence-corrected chi connectivity index (χ2v) is 6.06. The summed E-state index contributed by atoms with van der Waals surface area (Å²) in [5.74, 6) is 1.27. The van der Waals surface area contributed by atoms with Gasteiger partial charge in [0.05, 0.1) is 0 Å². The van der Waals surface area contributed by atoms with E-state index in [0.29, 0.717) is 11.9 Å². The lowest BCUT2D eigenvalue weighted by molar-refractivity contribution is 0.865. The summed E-state index contributed by atoms with van der Waals surface area (Å²) < 4.78 is 0. The molecule has 0 unspecified atom stereocenters. The first-order chi connectivity index (χ1) is 9.69. The Labute approximate surface area is 125 Å². The molecule has 0 aliphatic carbocycles. The molecule has 0 aliphatic heterocycles. The van der Waals surface area contributed by atoms with Crippen molar-refractivity contribution >= 4 is 17.7 Å². The Balaban J connectivity index is 2.05. The molecule has 106 valence electrons. The van der Waals surface area contributed by atoms with E-state index in [2.05, 4.69) is 60.3 Å². The zero-order chi connectivity index (χ0) is 14.4. The molecular formula is C16H21N3S. The Bertz CT molecular complexity index is 538. The summed E-state index contributed by atoms with van der Waals surface area (Å²) in [7, 11) is 0. The summed E-state index contributed by atoms with van der Waals surface area (Å²) in [5, 5.41) is 4.18. The van der Waals surface area contributed by atoms with Crippen molar-refractivity contribution < 1.29 is 0 Å². The molecule has 20 heavy (non-hydrogen) atoms. The number of hydrogen-bond acceptors (Lipinski definition) is 4. The topological polar surface area (TPSA) is 37.8 Å². The van der Waals surface area contributed by atoms with E-state index in [1.165, 1.54) is 10.5 Å². The van der Waals surface area contributed by atoms with E-state index in [1.807, 2.05) is 6.07 Å². The SMILES string of the molecule is CCCNc1nccc(Sc2ccc(C(C)C)cc2)n1. The van der Waals surface area contributed by atoms with Crippen LogP contribution in [0.25, 0.3) is 0 Å². The molecule has 4 heteroatoms. The highest BCUT2D eigenvalue weighted by Gasteiger charge is 2.03. The number of benzene rings is 1. The zero-order valence-corrected chi connectivity index (χ0v) is 13.1. The zero-order valence-electron chi connectivity index (χ0n) is 12.3. The third kappa shape index (κ3) is 4.23. The lowest BCUT2D eigenvalue weighted by Crippen LogP contribution is -2.04. The average molecular weight is 287 g/mol. The molecule has 0 fully saturated rings. The standard InChI is InChI=1S/C16H21N3S/c1-4-10-17-16-18-11-9-15(19-16)20-14-7-5-13(6-8-14)12(2)3/h5-9,11-12H,4,10H2,1-3H3,(H,17,18,19). The summed E-state index contributed by atoms with van der Waals surface area (Å²) >= 11 is 1.66. The highest BCUT2D eigenvalue weighted by atomic mass is 32.2. The lowest BCUT2D eigenvalue weighted by Gasteiger charge is -2.07. The summed E-state index contributed by atoms with van der Waals surface area (Å²) in [6.07, 6.45) is 2.87. The van der Waals surface area contributed by atoms with Crippen molar-refractivity contribution in [2.75, 3.05) is 11.9 Å². The summed E-state index contributed by atoms with van der Waals surface area (Å²) in [6.45, 7) is 7.44. The molecule has 0 aliphatic rings. The maximum absolute atomic E-state index is 4.50. The number of aromatic nitrogens is 2. The Morgan fingerprint density at radius 3 is 2.55 bits per heavy atom. The minimum Gasteiger partial charge on any atom is -0.354 e. The molecule has 0 radical (unpaired) electrons. The first kappa shape index (κ1) is 14.9. The Kier molecular flexibility index (Phi) is 5.41. The van der Waals surface area contributed by atoms with Gasteiger partial charge in [0.25, 0.3) is 0 Å². The van der Waals surface area contributed by atoms with Crippen LogP contribution in [-0.4, -0.2) is 16.5 Å². The smallest absolute Gasteiger partial charge is 0.223 e. The van der Waals surface area contributed by atoms with E-state index in [-0.39, 0.29) is 0 Å². The summed E-state index contributed by atoms with van der Waals surface area (Å²) in [4.78, 5) is 9.93. The third-order valence-corrected chi connectivity index (χ3v) is 3.88. The van der Waals surface area contributed by atoms with E-state index < -0.39 is 0 Å². The van der Waals surface area contributed by atoms with Gasteiger partial charge in [-0.05, 0) is 36.1 Å². The molecule has 3 nitrogen and oxygen atoms in total. The predicted octanol–water partition coefficient (Wildman–Crippen LogP) is 4.57. The fraction of sp³-hybridized carbons (Fsp3) is 0.375. The van der Waals surface area contributed by atoms with E-state index in [4.69, 9.17) is 0 Å². The summed E-state index contributed by atoms with van der Waals surface area (Å²) in [5.41, 5.74) is 1.36. The van der Waals surface area contributed by atoms with Gasteiger partial charge < -0.3 is 5.32 Å². The molecule has 0 saturated carbocycles. The van der Waals surface area contributed by atoms with E-state index in [1.54, 1.807) is 18.0 Å². The molecule has 1 heterocycles. The minimum absolute atomic E-state index is 0.568. The monoisotopic (exact) mass is 287 g/mol. The first-order valence-electron chi connectivity index (χ1n) is 7.03. The van der Waals surface area contributed by atoms with Gasteiger partial charge in [-0.25, -0.2) is 9.97 Å². The highest BCUT2D eigenvalue weighted by molar-refractivity contribution is 7.99. The van der Waals surface area contributed by atoms with Gasteiger partial charge in [-0.1, -0.05) is 44.7 Å². The molecule has 0 amide bonds. The molecule has 1 aromatic heterocycles. The van der Waals surface area contributed by atoms with Crippen molar-refractivity contribution in [3.63, 3.8) is 0 Å². The Hall–Kier alpha value is -1.55. The van der Waals surface area contributed by atoms with Crippen LogP contribution in [0.4, 0.5) is 5.95 Å². The van der Waals surface area contributed by atoms with Gasteiger partial charge in [0, 0.05) is 17.6 Å². The van der Waals surface area contributed by atoms with Crippen LogP contribution < -0.4 is 5.32 Å². The third-order valence-electron chi connectivity index (χ3n) is 2.93. The van der Waals surface area contributed by atoms with Crippen molar-refractivity contribution in [1.29, 1.82) is 0 Å². The normalized spacial score (nSPS) is 10.8. The van der Waals surface area contributed by atoms with E-state index >= 15 is 0 Å².